The van der Waals surface area contributed by atoms with E-state index in [1.165, 1.54) is 6.20 Å². The molecule has 0 fully saturated rings. The van der Waals surface area contributed by atoms with Crippen molar-refractivity contribution in [3.63, 3.8) is 0 Å². The molecule has 0 aliphatic rings. The van der Waals surface area contributed by atoms with Crippen LogP contribution in [0.4, 0.5) is 5.82 Å². The maximum absolute atomic E-state index is 11.9. The Bertz CT molecular complexity index is 644. The van der Waals surface area contributed by atoms with Gasteiger partial charge in [0, 0.05) is 13.1 Å². The minimum Gasteiger partial charge on any atom is -0.496 e. The maximum Gasteiger partial charge on any atom is 0.271 e. The fourth-order valence-corrected chi connectivity index (χ4v) is 2.24. The average molecular weight is 328 g/mol. The summed E-state index contributed by atoms with van der Waals surface area (Å²) in [6.07, 6.45) is 5.89. The zero-order chi connectivity index (χ0) is 17.2. The van der Waals surface area contributed by atoms with Gasteiger partial charge in [0.15, 0.2) is 0 Å². The number of aromatic nitrogens is 2. The standard InChI is InChI=1S/C18H24N4O2/c1-3-4-10-20-18(23)15-12-22-17(13-21-15)19-11-9-14-7-5-6-8-16(14)24-2/h5-8,12-13H,3-4,9-11H2,1-2H3,(H,19,22)(H,20,23). The number of para-hydroxylation sites is 1. The third kappa shape index (κ3) is 5.22. The molecular weight excluding hydrogens is 304 g/mol. The lowest BCUT2D eigenvalue weighted by Gasteiger charge is -2.09. The van der Waals surface area contributed by atoms with Crippen LogP contribution in [0, 0.1) is 0 Å². The van der Waals surface area contributed by atoms with Gasteiger partial charge in [0.05, 0.1) is 19.5 Å². The van der Waals surface area contributed by atoms with Crippen LogP contribution >= 0.6 is 0 Å². The maximum atomic E-state index is 11.9. The normalized spacial score (nSPS) is 10.2. The molecule has 128 valence electrons. The first-order valence-electron chi connectivity index (χ1n) is 8.20. The monoisotopic (exact) mass is 328 g/mol. The van der Waals surface area contributed by atoms with Crippen LogP contribution in [0.1, 0.15) is 35.8 Å². The van der Waals surface area contributed by atoms with Gasteiger partial charge in [0.25, 0.3) is 5.91 Å². The highest BCUT2D eigenvalue weighted by molar-refractivity contribution is 5.91. The molecule has 0 saturated carbocycles. The summed E-state index contributed by atoms with van der Waals surface area (Å²) < 4.78 is 5.33. The Morgan fingerprint density at radius 3 is 2.71 bits per heavy atom. The molecule has 0 bridgehead atoms. The van der Waals surface area contributed by atoms with Gasteiger partial charge in [-0.25, -0.2) is 9.97 Å². The number of carbonyl (C=O) groups is 1. The number of nitrogens with zero attached hydrogens (tertiary/aromatic N) is 2. The summed E-state index contributed by atoms with van der Waals surface area (Å²) >= 11 is 0. The molecule has 0 radical (unpaired) electrons. The Balaban J connectivity index is 1.82. The van der Waals surface area contributed by atoms with E-state index in [0.29, 0.717) is 24.6 Å². The molecule has 1 heterocycles. The molecule has 1 aromatic heterocycles. The Morgan fingerprint density at radius 2 is 2.00 bits per heavy atom. The number of hydrogen-bond donors (Lipinski definition) is 2. The van der Waals surface area contributed by atoms with Crippen molar-refractivity contribution in [2.24, 2.45) is 0 Å². The molecule has 6 heteroatoms. The summed E-state index contributed by atoms with van der Waals surface area (Å²) in [5.41, 5.74) is 1.47. The smallest absolute Gasteiger partial charge is 0.271 e. The van der Waals surface area contributed by atoms with Crippen LogP contribution in [0.5, 0.6) is 5.75 Å². The summed E-state index contributed by atoms with van der Waals surface area (Å²) in [4.78, 5) is 20.2. The van der Waals surface area contributed by atoms with Crippen LogP contribution in [0.2, 0.25) is 0 Å². The van der Waals surface area contributed by atoms with E-state index in [9.17, 15) is 4.79 Å². The third-order valence-corrected chi connectivity index (χ3v) is 3.59. The summed E-state index contributed by atoms with van der Waals surface area (Å²) in [5, 5.41) is 6.02. The first-order valence-corrected chi connectivity index (χ1v) is 8.20. The lowest BCUT2D eigenvalue weighted by Crippen LogP contribution is -2.25. The summed E-state index contributed by atoms with van der Waals surface area (Å²) in [6, 6.07) is 7.92. The largest absolute Gasteiger partial charge is 0.496 e. The SMILES string of the molecule is CCCCNC(=O)c1cnc(NCCc2ccccc2OC)cn1. The third-order valence-electron chi connectivity index (χ3n) is 3.59. The van der Waals surface area contributed by atoms with Crippen LogP contribution in [0.25, 0.3) is 0 Å². The van der Waals surface area contributed by atoms with Gasteiger partial charge < -0.3 is 15.4 Å². The lowest BCUT2D eigenvalue weighted by atomic mass is 10.1. The van der Waals surface area contributed by atoms with Gasteiger partial charge in [0.1, 0.15) is 17.3 Å². The van der Waals surface area contributed by atoms with Crippen molar-refractivity contribution in [2.45, 2.75) is 26.2 Å². The molecular formula is C18H24N4O2. The Labute approximate surface area is 142 Å². The van der Waals surface area contributed by atoms with Gasteiger partial charge in [-0.05, 0) is 24.5 Å². The predicted molar refractivity (Wildman–Crippen MR) is 94.5 cm³/mol. The molecule has 0 unspecified atom stereocenters. The van der Waals surface area contributed by atoms with Gasteiger partial charge in [-0.3, -0.25) is 4.79 Å². The number of nitrogens with one attached hydrogen (secondary N) is 2. The van der Waals surface area contributed by atoms with Crippen molar-refractivity contribution in [3.05, 3.63) is 47.9 Å². The van der Waals surface area contributed by atoms with E-state index in [2.05, 4.69) is 27.5 Å². The Hall–Kier alpha value is -2.63. The first kappa shape index (κ1) is 17.7. The fraction of sp³-hybridized carbons (Fsp3) is 0.389. The van der Waals surface area contributed by atoms with E-state index in [0.717, 1.165) is 30.6 Å². The fourth-order valence-electron chi connectivity index (χ4n) is 2.24. The molecule has 0 aliphatic carbocycles. The average Bonchev–Trinajstić information content (AvgIpc) is 2.63. The second-order valence-electron chi connectivity index (χ2n) is 5.38. The summed E-state index contributed by atoms with van der Waals surface area (Å²) in [5.74, 6) is 1.34. The van der Waals surface area contributed by atoms with E-state index in [1.54, 1.807) is 13.3 Å². The number of methoxy groups -OCH3 is 1. The zero-order valence-corrected chi connectivity index (χ0v) is 14.2. The molecule has 2 aromatic rings. The topological polar surface area (TPSA) is 76.1 Å². The van der Waals surface area contributed by atoms with Gasteiger partial charge >= 0.3 is 0 Å². The van der Waals surface area contributed by atoms with Crippen LogP contribution in [0.3, 0.4) is 0 Å². The lowest BCUT2D eigenvalue weighted by molar-refractivity contribution is 0.0948. The quantitative estimate of drug-likeness (QED) is 0.692. The highest BCUT2D eigenvalue weighted by Gasteiger charge is 2.07. The molecule has 1 aromatic carbocycles. The molecule has 0 spiro atoms. The molecule has 0 saturated heterocycles. The number of benzene rings is 1. The molecule has 2 N–H and O–H groups in total. The van der Waals surface area contributed by atoms with E-state index in [4.69, 9.17) is 4.74 Å². The summed E-state index contributed by atoms with van der Waals surface area (Å²) in [7, 11) is 1.67. The van der Waals surface area contributed by atoms with Gasteiger partial charge in [-0.2, -0.15) is 0 Å². The van der Waals surface area contributed by atoms with E-state index in [1.807, 2.05) is 24.3 Å². The van der Waals surface area contributed by atoms with E-state index in [-0.39, 0.29) is 5.91 Å². The van der Waals surface area contributed by atoms with Crippen molar-refractivity contribution in [1.82, 2.24) is 15.3 Å². The number of anilines is 1. The minimum absolute atomic E-state index is 0.184. The molecule has 24 heavy (non-hydrogen) atoms. The predicted octanol–water partition coefficient (Wildman–Crippen LogP) is 2.67. The van der Waals surface area contributed by atoms with Crippen LogP contribution in [-0.2, 0) is 6.42 Å². The van der Waals surface area contributed by atoms with E-state index < -0.39 is 0 Å². The number of ether oxygens (including phenoxy) is 1. The van der Waals surface area contributed by atoms with Crippen molar-refractivity contribution in [3.8, 4) is 5.75 Å². The van der Waals surface area contributed by atoms with Gasteiger partial charge in [-0.15, -0.1) is 0 Å². The zero-order valence-electron chi connectivity index (χ0n) is 14.2. The van der Waals surface area contributed by atoms with Crippen LogP contribution < -0.4 is 15.4 Å². The van der Waals surface area contributed by atoms with Crippen molar-refractivity contribution in [2.75, 3.05) is 25.5 Å². The number of rotatable bonds is 9. The molecule has 1 amide bonds. The second-order valence-corrected chi connectivity index (χ2v) is 5.38. The molecule has 2 rings (SSSR count). The highest BCUT2D eigenvalue weighted by Crippen LogP contribution is 2.17. The van der Waals surface area contributed by atoms with Crippen molar-refractivity contribution < 1.29 is 9.53 Å². The van der Waals surface area contributed by atoms with Crippen molar-refractivity contribution in [1.29, 1.82) is 0 Å². The molecule has 0 atom stereocenters. The second kappa shape index (κ2) is 9.50. The van der Waals surface area contributed by atoms with E-state index >= 15 is 0 Å². The number of unbranched alkanes of at least 4 members (excludes halogenated alkanes) is 1. The number of carbonyl (C=O) groups excluding carboxylic acids is 1. The van der Waals surface area contributed by atoms with Crippen LogP contribution in [0.15, 0.2) is 36.7 Å². The van der Waals surface area contributed by atoms with Crippen LogP contribution in [-0.4, -0.2) is 36.1 Å². The van der Waals surface area contributed by atoms with Crippen molar-refractivity contribution >= 4 is 11.7 Å². The molecule has 6 nitrogen and oxygen atoms in total. The minimum atomic E-state index is -0.184. The Kier molecular flexibility index (Phi) is 7.01. The molecule has 0 aliphatic heterocycles. The first-order chi connectivity index (χ1) is 11.7. The number of hydrogen-bond acceptors (Lipinski definition) is 5. The van der Waals surface area contributed by atoms with Gasteiger partial charge in [-0.1, -0.05) is 31.5 Å². The summed E-state index contributed by atoms with van der Waals surface area (Å²) in [6.45, 7) is 3.45. The highest BCUT2D eigenvalue weighted by atomic mass is 16.5. The Morgan fingerprint density at radius 1 is 1.17 bits per heavy atom. The number of amides is 1. The van der Waals surface area contributed by atoms with Gasteiger partial charge in [0.2, 0.25) is 0 Å².